The van der Waals surface area contributed by atoms with Gasteiger partial charge in [-0.25, -0.2) is 0 Å². The number of nitrogens with zero attached hydrogens (tertiary/aromatic N) is 1. The summed E-state index contributed by atoms with van der Waals surface area (Å²) in [5.74, 6) is 0.896. The van der Waals surface area contributed by atoms with Crippen molar-refractivity contribution >= 4 is 0 Å². The van der Waals surface area contributed by atoms with Crippen LogP contribution in [0, 0.1) is 5.41 Å². The lowest BCUT2D eigenvalue weighted by atomic mass is 9.80. The van der Waals surface area contributed by atoms with Crippen LogP contribution in [0.15, 0.2) is 30.3 Å². The predicted molar refractivity (Wildman–Crippen MR) is 85.6 cm³/mol. The highest BCUT2D eigenvalue weighted by molar-refractivity contribution is 5.20. The highest BCUT2D eigenvalue weighted by Gasteiger charge is 2.32. The molecule has 2 rings (SSSR count). The van der Waals surface area contributed by atoms with E-state index in [1.54, 1.807) is 0 Å². The van der Waals surface area contributed by atoms with Gasteiger partial charge in [0.15, 0.2) is 0 Å². The number of rotatable bonds is 7. The number of nitrogens with two attached hydrogens (primary N) is 1. The molecule has 0 saturated carbocycles. The maximum Gasteiger partial charge on any atom is 0.119 e. The molecule has 1 aliphatic rings. The molecule has 0 bridgehead atoms. The SMILES string of the molecule is CC1(C)CN(CCOCCOc2ccccc2)CCC1N. The van der Waals surface area contributed by atoms with Gasteiger partial charge in [0, 0.05) is 19.1 Å². The van der Waals surface area contributed by atoms with E-state index in [4.69, 9.17) is 15.2 Å². The molecule has 118 valence electrons. The van der Waals surface area contributed by atoms with Gasteiger partial charge in [-0.1, -0.05) is 32.0 Å². The van der Waals surface area contributed by atoms with Gasteiger partial charge in [0.25, 0.3) is 0 Å². The third-order valence-electron chi connectivity index (χ3n) is 4.18. The predicted octanol–water partition coefficient (Wildman–Crippen LogP) is 2.14. The van der Waals surface area contributed by atoms with Crippen molar-refractivity contribution in [2.24, 2.45) is 11.1 Å². The first-order chi connectivity index (χ1) is 10.1. The van der Waals surface area contributed by atoms with E-state index in [0.717, 1.165) is 38.4 Å². The van der Waals surface area contributed by atoms with Crippen molar-refractivity contribution in [3.63, 3.8) is 0 Å². The molecule has 1 atom stereocenters. The second-order valence-electron chi connectivity index (χ2n) is 6.43. The van der Waals surface area contributed by atoms with Crippen molar-refractivity contribution < 1.29 is 9.47 Å². The van der Waals surface area contributed by atoms with E-state index >= 15 is 0 Å². The summed E-state index contributed by atoms with van der Waals surface area (Å²) in [5, 5.41) is 0. The largest absolute Gasteiger partial charge is 0.491 e. The summed E-state index contributed by atoms with van der Waals surface area (Å²) in [5.41, 5.74) is 6.35. The Morgan fingerprint density at radius 3 is 2.67 bits per heavy atom. The lowest BCUT2D eigenvalue weighted by Crippen LogP contribution is -2.52. The Morgan fingerprint density at radius 1 is 1.19 bits per heavy atom. The summed E-state index contributed by atoms with van der Waals surface area (Å²) in [4.78, 5) is 2.45. The van der Waals surface area contributed by atoms with Gasteiger partial charge in [0.05, 0.1) is 13.2 Å². The molecule has 1 heterocycles. The van der Waals surface area contributed by atoms with Gasteiger partial charge in [-0.2, -0.15) is 0 Å². The minimum atomic E-state index is 0.203. The molecule has 21 heavy (non-hydrogen) atoms. The molecule has 1 saturated heterocycles. The lowest BCUT2D eigenvalue weighted by molar-refractivity contribution is 0.0456. The Hall–Kier alpha value is -1.10. The van der Waals surface area contributed by atoms with Crippen LogP contribution in [0.2, 0.25) is 0 Å². The molecule has 1 aromatic rings. The summed E-state index contributed by atoms with van der Waals surface area (Å²) in [6.07, 6.45) is 1.07. The van der Waals surface area contributed by atoms with Crippen LogP contribution in [0.5, 0.6) is 5.75 Å². The minimum Gasteiger partial charge on any atom is -0.491 e. The molecule has 4 nitrogen and oxygen atoms in total. The van der Waals surface area contributed by atoms with Gasteiger partial charge in [-0.15, -0.1) is 0 Å². The summed E-state index contributed by atoms with van der Waals surface area (Å²) in [7, 11) is 0. The molecule has 1 aliphatic heterocycles. The zero-order chi connectivity index (χ0) is 15.1. The maximum absolute atomic E-state index is 6.15. The van der Waals surface area contributed by atoms with E-state index in [9.17, 15) is 0 Å². The Bertz CT molecular complexity index is 409. The van der Waals surface area contributed by atoms with E-state index in [1.807, 2.05) is 30.3 Å². The Morgan fingerprint density at radius 2 is 1.95 bits per heavy atom. The molecule has 1 fully saturated rings. The normalized spacial score (nSPS) is 22.1. The molecular weight excluding hydrogens is 264 g/mol. The fourth-order valence-corrected chi connectivity index (χ4v) is 2.71. The fourth-order valence-electron chi connectivity index (χ4n) is 2.71. The topological polar surface area (TPSA) is 47.7 Å². The molecule has 4 heteroatoms. The summed E-state index contributed by atoms with van der Waals surface area (Å²) < 4.78 is 11.2. The quantitative estimate of drug-likeness (QED) is 0.782. The lowest BCUT2D eigenvalue weighted by Gasteiger charge is -2.42. The average molecular weight is 292 g/mol. The third-order valence-corrected chi connectivity index (χ3v) is 4.18. The van der Waals surface area contributed by atoms with Crippen LogP contribution in [0.3, 0.4) is 0 Å². The number of benzene rings is 1. The van der Waals surface area contributed by atoms with Crippen molar-refractivity contribution in [3.8, 4) is 5.75 Å². The van der Waals surface area contributed by atoms with Crippen molar-refractivity contribution in [1.29, 1.82) is 0 Å². The molecule has 1 aromatic carbocycles. The zero-order valence-corrected chi connectivity index (χ0v) is 13.3. The van der Waals surface area contributed by atoms with Crippen LogP contribution in [-0.2, 0) is 4.74 Å². The number of hydrogen-bond acceptors (Lipinski definition) is 4. The molecule has 0 spiro atoms. The van der Waals surface area contributed by atoms with Crippen LogP contribution in [0.4, 0.5) is 0 Å². The second kappa shape index (κ2) is 7.78. The number of likely N-dealkylation sites (tertiary alicyclic amines) is 1. The van der Waals surface area contributed by atoms with Crippen molar-refractivity contribution in [2.75, 3.05) is 39.5 Å². The average Bonchev–Trinajstić information content (AvgIpc) is 2.47. The number of ether oxygens (including phenoxy) is 2. The van der Waals surface area contributed by atoms with Gasteiger partial charge in [-0.3, -0.25) is 0 Å². The van der Waals surface area contributed by atoms with Crippen molar-refractivity contribution in [2.45, 2.75) is 26.3 Å². The van der Waals surface area contributed by atoms with Gasteiger partial charge in [-0.05, 0) is 30.5 Å². The molecule has 1 unspecified atom stereocenters. The number of hydrogen-bond donors (Lipinski definition) is 1. The van der Waals surface area contributed by atoms with Gasteiger partial charge >= 0.3 is 0 Å². The van der Waals surface area contributed by atoms with E-state index in [2.05, 4.69) is 18.7 Å². The molecule has 2 N–H and O–H groups in total. The van der Waals surface area contributed by atoms with Gasteiger partial charge < -0.3 is 20.1 Å². The van der Waals surface area contributed by atoms with Crippen molar-refractivity contribution in [3.05, 3.63) is 30.3 Å². The van der Waals surface area contributed by atoms with Gasteiger partial charge in [0.1, 0.15) is 12.4 Å². The Kier molecular flexibility index (Phi) is 6.03. The summed E-state index contributed by atoms with van der Waals surface area (Å²) in [6, 6.07) is 10.2. The standard InChI is InChI=1S/C17H28N2O2/c1-17(2)14-19(9-8-16(17)18)10-11-20-12-13-21-15-6-4-3-5-7-15/h3-7,16H,8-14,18H2,1-2H3. The zero-order valence-electron chi connectivity index (χ0n) is 13.3. The van der Waals surface area contributed by atoms with Gasteiger partial charge in [0.2, 0.25) is 0 Å². The maximum atomic E-state index is 6.15. The molecule has 0 aliphatic carbocycles. The Balaban J connectivity index is 1.54. The highest BCUT2D eigenvalue weighted by Crippen LogP contribution is 2.27. The number of para-hydroxylation sites is 1. The fraction of sp³-hybridized carbons (Fsp3) is 0.647. The van der Waals surface area contributed by atoms with Crippen LogP contribution in [0.1, 0.15) is 20.3 Å². The first kappa shape index (κ1) is 16.3. The van der Waals surface area contributed by atoms with E-state index in [-0.39, 0.29) is 5.41 Å². The monoisotopic (exact) mass is 292 g/mol. The molecule has 0 radical (unpaired) electrons. The van der Waals surface area contributed by atoms with Crippen molar-refractivity contribution in [1.82, 2.24) is 4.90 Å². The van der Waals surface area contributed by atoms with E-state index < -0.39 is 0 Å². The molecule has 0 amide bonds. The first-order valence-corrected chi connectivity index (χ1v) is 7.81. The second-order valence-corrected chi connectivity index (χ2v) is 6.43. The first-order valence-electron chi connectivity index (χ1n) is 7.81. The molecular formula is C17H28N2O2. The highest BCUT2D eigenvalue weighted by atomic mass is 16.5. The van der Waals surface area contributed by atoms with Crippen LogP contribution < -0.4 is 10.5 Å². The van der Waals surface area contributed by atoms with Crippen LogP contribution >= 0.6 is 0 Å². The Labute approximate surface area is 128 Å². The van der Waals surface area contributed by atoms with E-state index in [0.29, 0.717) is 19.3 Å². The third kappa shape index (κ3) is 5.30. The minimum absolute atomic E-state index is 0.203. The number of piperidine rings is 1. The van der Waals surface area contributed by atoms with E-state index in [1.165, 1.54) is 0 Å². The summed E-state index contributed by atoms with van der Waals surface area (Å²) in [6.45, 7) is 9.58. The van der Waals surface area contributed by atoms with Crippen LogP contribution in [0.25, 0.3) is 0 Å². The van der Waals surface area contributed by atoms with Crippen LogP contribution in [-0.4, -0.2) is 50.4 Å². The smallest absolute Gasteiger partial charge is 0.119 e. The summed E-state index contributed by atoms with van der Waals surface area (Å²) >= 11 is 0. The molecule has 0 aromatic heterocycles.